The van der Waals surface area contributed by atoms with Gasteiger partial charge in [-0.05, 0) is 29.3 Å². The van der Waals surface area contributed by atoms with Crippen molar-refractivity contribution in [2.24, 2.45) is 0 Å². The maximum atomic E-state index is 6.19. The van der Waals surface area contributed by atoms with Crippen LogP contribution >= 0.6 is 34.8 Å². The van der Waals surface area contributed by atoms with Crippen molar-refractivity contribution in [3.63, 3.8) is 0 Å². The Bertz CT molecular complexity index is 491. The SMILES string of the molecule is ClCC(c1ccc(Cl)cc1)c1ccccc1Cl. The molecule has 0 radical (unpaired) electrons. The van der Waals surface area contributed by atoms with Crippen LogP contribution in [0.3, 0.4) is 0 Å². The molecule has 0 aliphatic heterocycles. The molecule has 0 aliphatic carbocycles. The van der Waals surface area contributed by atoms with E-state index in [1.807, 2.05) is 48.5 Å². The molecule has 0 saturated heterocycles. The fraction of sp³-hybridized carbons (Fsp3) is 0.143. The molecule has 0 saturated carbocycles. The molecule has 0 amide bonds. The zero-order valence-corrected chi connectivity index (χ0v) is 11.3. The lowest BCUT2D eigenvalue weighted by Crippen LogP contribution is -2.03. The lowest BCUT2D eigenvalue weighted by Gasteiger charge is -2.16. The summed E-state index contributed by atoms with van der Waals surface area (Å²) in [7, 11) is 0. The molecule has 2 aromatic rings. The number of rotatable bonds is 3. The summed E-state index contributed by atoms with van der Waals surface area (Å²) in [6, 6.07) is 15.5. The second kappa shape index (κ2) is 5.77. The molecule has 1 unspecified atom stereocenters. The molecule has 0 N–H and O–H groups in total. The first kappa shape index (κ1) is 12.8. The normalized spacial score (nSPS) is 12.4. The Hall–Kier alpha value is -0.690. The molecule has 17 heavy (non-hydrogen) atoms. The Labute approximate surface area is 116 Å². The van der Waals surface area contributed by atoms with Gasteiger partial charge in [0.25, 0.3) is 0 Å². The molecule has 1 atom stereocenters. The smallest absolute Gasteiger partial charge is 0.0444 e. The fourth-order valence-electron chi connectivity index (χ4n) is 1.80. The van der Waals surface area contributed by atoms with Crippen molar-refractivity contribution in [1.82, 2.24) is 0 Å². The third kappa shape index (κ3) is 2.95. The van der Waals surface area contributed by atoms with Crippen molar-refractivity contribution >= 4 is 34.8 Å². The molecule has 0 spiro atoms. The van der Waals surface area contributed by atoms with Crippen LogP contribution in [0.1, 0.15) is 17.0 Å². The minimum atomic E-state index is 0.0997. The number of halogens is 3. The monoisotopic (exact) mass is 284 g/mol. The van der Waals surface area contributed by atoms with Gasteiger partial charge in [0, 0.05) is 21.8 Å². The minimum Gasteiger partial charge on any atom is -0.126 e. The van der Waals surface area contributed by atoms with E-state index < -0.39 is 0 Å². The van der Waals surface area contributed by atoms with Crippen molar-refractivity contribution in [3.05, 3.63) is 69.7 Å². The van der Waals surface area contributed by atoms with E-state index >= 15 is 0 Å². The maximum Gasteiger partial charge on any atom is 0.0444 e. The quantitative estimate of drug-likeness (QED) is 0.666. The maximum absolute atomic E-state index is 6.19. The van der Waals surface area contributed by atoms with Gasteiger partial charge in [0.2, 0.25) is 0 Å². The molecule has 0 bridgehead atoms. The van der Waals surface area contributed by atoms with Gasteiger partial charge in [-0.1, -0.05) is 53.5 Å². The summed E-state index contributed by atoms with van der Waals surface area (Å²) in [5, 5.41) is 1.47. The van der Waals surface area contributed by atoms with E-state index in [2.05, 4.69) is 0 Å². The topological polar surface area (TPSA) is 0 Å². The molecule has 0 aliphatic rings. The van der Waals surface area contributed by atoms with Crippen LogP contribution in [0.25, 0.3) is 0 Å². The minimum absolute atomic E-state index is 0.0997. The number of hydrogen-bond donors (Lipinski definition) is 0. The van der Waals surface area contributed by atoms with Gasteiger partial charge in [-0.2, -0.15) is 0 Å². The second-order valence-corrected chi connectivity index (χ2v) is 4.93. The highest BCUT2D eigenvalue weighted by molar-refractivity contribution is 6.31. The van der Waals surface area contributed by atoms with E-state index in [1.54, 1.807) is 0 Å². The van der Waals surface area contributed by atoms with Crippen molar-refractivity contribution < 1.29 is 0 Å². The predicted octanol–water partition coefficient (Wildman–Crippen LogP) is 5.36. The summed E-state index contributed by atoms with van der Waals surface area (Å²) in [6.07, 6.45) is 0. The summed E-state index contributed by atoms with van der Waals surface area (Å²) < 4.78 is 0. The zero-order chi connectivity index (χ0) is 12.3. The first-order chi connectivity index (χ1) is 8.22. The van der Waals surface area contributed by atoms with Crippen LogP contribution < -0.4 is 0 Å². The van der Waals surface area contributed by atoms with E-state index in [0.717, 1.165) is 21.2 Å². The van der Waals surface area contributed by atoms with Crippen LogP contribution in [-0.4, -0.2) is 5.88 Å². The average molecular weight is 286 g/mol. The third-order valence-electron chi connectivity index (χ3n) is 2.71. The zero-order valence-electron chi connectivity index (χ0n) is 9.04. The van der Waals surface area contributed by atoms with Gasteiger partial charge in [0.05, 0.1) is 0 Å². The lowest BCUT2D eigenvalue weighted by atomic mass is 9.93. The highest BCUT2D eigenvalue weighted by Gasteiger charge is 2.15. The van der Waals surface area contributed by atoms with E-state index in [9.17, 15) is 0 Å². The Kier molecular flexibility index (Phi) is 4.33. The van der Waals surface area contributed by atoms with Gasteiger partial charge in [-0.25, -0.2) is 0 Å². The molecule has 0 fully saturated rings. The molecular formula is C14H11Cl3. The van der Waals surface area contributed by atoms with Gasteiger partial charge in [0.15, 0.2) is 0 Å². The molecule has 2 rings (SSSR count). The van der Waals surface area contributed by atoms with Crippen molar-refractivity contribution in [1.29, 1.82) is 0 Å². The first-order valence-electron chi connectivity index (χ1n) is 5.28. The summed E-state index contributed by atoms with van der Waals surface area (Å²) in [6.45, 7) is 0. The summed E-state index contributed by atoms with van der Waals surface area (Å²) in [4.78, 5) is 0. The molecular weight excluding hydrogens is 275 g/mol. The van der Waals surface area contributed by atoms with E-state index in [4.69, 9.17) is 34.8 Å². The summed E-state index contributed by atoms with van der Waals surface area (Å²) in [5.41, 5.74) is 2.17. The number of alkyl halides is 1. The average Bonchev–Trinajstić information content (AvgIpc) is 2.35. The van der Waals surface area contributed by atoms with Crippen LogP contribution in [-0.2, 0) is 0 Å². The van der Waals surface area contributed by atoms with E-state index in [-0.39, 0.29) is 5.92 Å². The largest absolute Gasteiger partial charge is 0.126 e. The summed E-state index contributed by atoms with van der Waals surface area (Å²) >= 11 is 18.1. The van der Waals surface area contributed by atoms with Crippen molar-refractivity contribution in [2.45, 2.75) is 5.92 Å². The van der Waals surface area contributed by atoms with Crippen molar-refractivity contribution in [2.75, 3.05) is 5.88 Å². The molecule has 0 aromatic heterocycles. The molecule has 0 nitrogen and oxygen atoms in total. The highest BCUT2D eigenvalue weighted by atomic mass is 35.5. The van der Waals surface area contributed by atoms with Gasteiger partial charge in [0.1, 0.15) is 0 Å². The van der Waals surface area contributed by atoms with Crippen LogP contribution in [0.4, 0.5) is 0 Å². The van der Waals surface area contributed by atoms with Crippen molar-refractivity contribution in [3.8, 4) is 0 Å². The number of hydrogen-bond acceptors (Lipinski definition) is 0. The van der Waals surface area contributed by atoms with Crippen LogP contribution in [0, 0.1) is 0 Å². The predicted molar refractivity (Wildman–Crippen MR) is 75.5 cm³/mol. The van der Waals surface area contributed by atoms with Gasteiger partial charge in [-0.3, -0.25) is 0 Å². The van der Waals surface area contributed by atoms with Gasteiger partial charge >= 0.3 is 0 Å². The molecule has 88 valence electrons. The Morgan fingerprint density at radius 3 is 2.12 bits per heavy atom. The first-order valence-corrected chi connectivity index (χ1v) is 6.57. The number of benzene rings is 2. The molecule has 3 heteroatoms. The van der Waals surface area contributed by atoms with Crippen LogP contribution in [0.5, 0.6) is 0 Å². The summed E-state index contributed by atoms with van der Waals surface area (Å²) in [5.74, 6) is 0.591. The highest BCUT2D eigenvalue weighted by Crippen LogP contribution is 2.31. The Morgan fingerprint density at radius 1 is 0.882 bits per heavy atom. The fourth-order valence-corrected chi connectivity index (χ4v) is 2.54. The van der Waals surface area contributed by atoms with Crippen LogP contribution in [0.2, 0.25) is 10.0 Å². The Balaban J connectivity index is 2.40. The van der Waals surface area contributed by atoms with Crippen LogP contribution in [0.15, 0.2) is 48.5 Å². The van der Waals surface area contributed by atoms with Gasteiger partial charge in [-0.15, -0.1) is 11.6 Å². The van der Waals surface area contributed by atoms with Gasteiger partial charge < -0.3 is 0 Å². The standard InChI is InChI=1S/C14H11Cl3/c15-9-13(10-5-7-11(16)8-6-10)12-3-1-2-4-14(12)17/h1-8,13H,9H2. The lowest BCUT2D eigenvalue weighted by molar-refractivity contribution is 0.931. The van der Waals surface area contributed by atoms with E-state index in [0.29, 0.717) is 5.88 Å². The molecule has 0 heterocycles. The second-order valence-electron chi connectivity index (χ2n) is 3.78. The molecule has 2 aromatic carbocycles. The van der Waals surface area contributed by atoms with E-state index in [1.165, 1.54) is 0 Å². The Morgan fingerprint density at radius 2 is 1.53 bits per heavy atom. The third-order valence-corrected chi connectivity index (χ3v) is 3.61.